The van der Waals surface area contributed by atoms with Gasteiger partial charge in [-0.15, -0.1) is 0 Å². The first kappa shape index (κ1) is 13.2. The number of rotatable bonds is 7. The highest BCUT2D eigenvalue weighted by Gasteiger charge is 2.16. The molecule has 0 saturated carbocycles. The van der Waals surface area contributed by atoms with Gasteiger partial charge in [-0.05, 0) is 19.4 Å². The van der Waals surface area contributed by atoms with E-state index in [0.717, 1.165) is 13.1 Å². The number of ether oxygens (including phenoxy) is 1. The minimum Gasteiger partial charge on any atom is -0.394 e. The molecule has 16 heavy (non-hydrogen) atoms. The van der Waals surface area contributed by atoms with Crippen molar-refractivity contribution >= 4 is 0 Å². The Hall–Kier alpha value is -0.900. The van der Waals surface area contributed by atoms with Crippen LogP contribution < -0.4 is 5.32 Å². The molecule has 1 aromatic rings. The fourth-order valence-corrected chi connectivity index (χ4v) is 1.48. The minimum atomic E-state index is -0.239. The van der Waals surface area contributed by atoms with Gasteiger partial charge in [0.1, 0.15) is 0 Å². The molecule has 0 aliphatic carbocycles. The molecule has 0 atom stereocenters. The van der Waals surface area contributed by atoms with Crippen molar-refractivity contribution < 1.29 is 9.84 Å². The maximum absolute atomic E-state index is 8.69. The Morgan fingerprint density at radius 1 is 1.25 bits per heavy atom. The number of hydrogen-bond acceptors (Lipinski definition) is 3. The van der Waals surface area contributed by atoms with Gasteiger partial charge in [-0.25, -0.2) is 0 Å². The van der Waals surface area contributed by atoms with Crippen LogP contribution >= 0.6 is 0 Å². The van der Waals surface area contributed by atoms with Crippen molar-refractivity contribution in [2.45, 2.75) is 26.0 Å². The van der Waals surface area contributed by atoms with Crippen molar-refractivity contribution in [2.24, 2.45) is 0 Å². The second-order valence-corrected chi connectivity index (χ2v) is 4.42. The molecule has 3 nitrogen and oxygen atoms in total. The Kier molecular flexibility index (Phi) is 5.46. The largest absolute Gasteiger partial charge is 0.394 e. The molecule has 0 aliphatic heterocycles. The molecule has 1 rings (SSSR count). The third kappa shape index (κ3) is 5.26. The molecule has 0 spiro atoms. The quantitative estimate of drug-likeness (QED) is 0.737. The summed E-state index contributed by atoms with van der Waals surface area (Å²) in [4.78, 5) is 0. The van der Waals surface area contributed by atoms with E-state index in [1.165, 1.54) is 5.56 Å². The van der Waals surface area contributed by atoms with E-state index in [1.807, 2.05) is 32.0 Å². The van der Waals surface area contributed by atoms with Gasteiger partial charge in [-0.2, -0.15) is 0 Å². The fraction of sp³-hybridized carbons (Fsp3) is 0.538. The molecule has 0 radical (unpaired) electrons. The van der Waals surface area contributed by atoms with Crippen molar-refractivity contribution in [3.05, 3.63) is 35.9 Å². The third-order valence-electron chi connectivity index (χ3n) is 2.31. The smallest absolute Gasteiger partial charge is 0.0751 e. The van der Waals surface area contributed by atoms with E-state index in [0.29, 0.717) is 6.61 Å². The monoisotopic (exact) mass is 223 g/mol. The van der Waals surface area contributed by atoms with Crippen molar-refractivity contribution in [3.8, 4) is 0 Å². The molecule has 0 heterocycles. The Bertz CT molecular complexity index is 285. The fourth-order valence-electron chi connectivity index (χ4n) is 1.48. The second-order valence-electron chi connectivity index (χ2n) is 4.42. The lowest BCUT2D eigenvalue weighted by molar-refractivity contribution is -0.0317. The third-order valence-corrected chi connectivity index (χ3v) is 2.31. The highest BCUT2D eigenvalue weighted by Crippen LogP contribution is 2.07. The summed E-state index contributed by atoms with van der Waals surface area (Å²) in [6.45, 7) is 6.10. The van der Waals surface area contributed by atoms with Gasteiger partial charge in [-0.1, -0.05) is 30.3 Å². The average molecular weight is 223 g/mol. The van der Waals surface area contributed by atoms with Crippen LogP contribution in [0.2, 0.25) is 0 Å². The Morgan fingerprint density at radius 2 is 1.94 bits per heavy atom. The zero-order chi connectivity index (χ0) is 11.9. The van der Waals surface area contributed by atoms with Crippen LogP contribution in [0.3, 0.4) is 0 Å². The lowest BCUT2D eigenvalue weighted by Gasteiger charge is -2.25. The van der Waals surface area contributed by atoms with Crippen LogP contribution in [0.4, 0.5) is 0 Å². The molecule has 0 fully saturated rings. The number of benzene rings is 1. The number of hydrogen-bond donors (Lipinski definition) is 2. The van der Waals surface area contributed by atoms with E-state index < -0.39 is 0 Å². The predicted octanol–water partition coefficient (Wildman–Crippen LogP) is 1.56. The van der Waals surface area contributed by atoms with E-state index in [4.69, 9.17) is 9.84 Å². The molecular formula is C13H21NO2. The normalized spacial score (nSPS) is 11.7. The molecule has 0 bridgehead atoms. The standard InChI is InChI=1S/C13H21NO2/c1-13(2,16-9-8-15)11-14-10-12-6-4-3-5-7-12/h3-7,14-15H,8-11H2,1-2H3. The highest BCUT2D eigenvalue weighted by atomic mass is 16.5. The molecule has 2 N–H and O–H groups in total. The summed E-state index contributed by atoms with van der Waals surface area (Å²) in [6, 6.07) is 10.3. The summed E-state index contributed by atoms with van der Waals surface area (Å²) in [5.74, 6) is 0. The van der Waals surface area contributed by atoms with Gasteiger partial charge in [0.2, 0.25) is 0 Å². The van der Waals surface area contributed by atoms with E-state index >= 15 is 0 Å². The average Bonchev–Trinajstić information content (AvgIpc) is 2.28. The van der Waals surface area contributed by atoms with Crippen molar-refractivity contribution in [3.63, 3.8) is 0 Å². The lowest BCUT2D eigenvalue weighted by Crippen LogP contribution is -2.38. The van der Waals surface area contributed by atoms with Gasteiger partial charge in [0.05, 0.1) is 18.8 Å². The second kappa shape index (κ2) is 6.63. The van der Waals surface area contributed by atoms with Crippen LogP contribution in [0, 0.1) is 0 Å². The van der Waals surface area contributed by atoms with E-state index in [-0.39, 0.29) is 12.2 Å². The van der Waals surface area contributed by atoms with Gasteiger partial charge in [-0.3, -0.25) is 0 Å². The first-order valence-corrected chi connectivity index (χ1v) is 5.63. The van der Waals surface area contributed by atoms with Crippen molar-refractivity contribution in [1.82, 2.24) is 5.32 Å². The van der Waals surface area contributed by atoms with Crippen molar-refractivity contribution in [1.29, 1.82) is 0 Å². The number of nitrogens with one attached hydrogen (secondary N) is 1. The van der Waals surface area contributed by atoms with Gasteiger partial charge in [0.25, 0.3) is 0 Å². The minimum absolute atomic E-state index is 0.0715. The first-order valence-electron chi connectivity index (χ1n) is 5.63. The molecule has 0 aliphatic rings. The van der Waals surface area contributed by atoms with Crippen LogP contribution in [-0.4, -0.2) is 30.5 Å². The summed E-state index contributed by atoms with van der Waals surface area (Å²) in [6.07, 6.45) is 0. The maximum atomic E-state index is 8.69. The summed E-state index contributed by atoms with van der Waals surface area (Å²) in [5, 5.41) is 12.0. The summed E-state index contributed by atoms with van der Waals surface area (Å²) in [5.41, 5.74) is 1.03. The van der Waals surface area contributed by atoms with Gasteiger partial charge in [0.15, 0.2) is 0 Å². The SMILES string of the molecule is CC(C)(CNCc1ccccc1)OCCO. The van der Waals surface area contributed by atoms with Crippen LogP contribution in [0.5, 0.6) is 0 Å². The Balaban J connectivity index is 2.24. The van der Waals surface area contributed by atoms with Crippen LogP contribution in [0.1, 0.15) is 19.4 Å². The predicted molar refractivity (Wildman–Crippen MR) is 65.3 cm³/mol. The molecule has 0 unspecified atom stereocenters. The zero-order valence-corrected chi connectivity index (χ0v) is 10.1. The van der Waals surface area contributed by atoms with E-state index in [1.54, 1.807) is 0 Å². The molecule has 90 valence electrons. The Labute approximate surface area is 97.4 Å². The molecular weight excluding hydrogens is 202 g/mol. The van der Waals surface area contributed by atoms with E-state index in [2.05, 4.69) is 17.4 Å². The topological polar surface area (TPSA) is 41.5 Å². The molecule has 3 heteroatoms. The lowest BCUT2D eigenvalue weighted by atomic mass is 10.1. The number of aliphatic hydroxyl groups is 1. The molecule has 0 saturated heterocycles. The van der Waals surface area contributed by atoms with Crippen LogP contribution in [-0.2, 0) is 11.3 Å². The molecule has 0 aromatic heterocycles. The van der Waals surface area contributed by atoms with Gasteiger partial charge in [0, 0.05) is 13.1 Å². The zero-order valence-electron chi connectivity index (χ0n) is 10.1. The van der Waals surface area contributed by atoms with Gasteiger partial charge < -0.3 is 15.2 Å². The molecule has 0 amide bonds. The molecule has 1 aromatic carbocycles. The van der Waals surface area contributed by atoms with Crippen LogP contribution in [0.25, 0.3) is 0 Å². The van der Waals surface area contributed by atoms with Crippen molar-refractivity contribution in [2.75, 3.05) is 19.8 Å². The van der Waals surface area contributed by atoms with Crippen LogP contribution in [0.15, 0.2) is 30.3 Å². The summed E-state index contributed by atoms with van der Waals surface area (Å²) in [7, 11) is 0. The summed E-state index contributed by atoms with van der Waals surface area (Å²) >= 11 is 0. The Morgan fingerprint density at radius 3 is 2.56 bits per heavy atom. The first-order chi connectivity index (χ1) is 7.64. The maximum Gasteiger partial charge on any atom is 0.0751 e. The van der Waals surface area contributed by atoms with Gasteiger partial charge >= 0.3 is 0 Å². The summed E-state index contributed by atoms with van der Waals surface area (Å²) < 4.78 is 5.50. The highest BCUT2D eigenvalue weighted by molar-refractivity contribution is 5.14. The van der Waals surface area contributed by atoms with E-state index in [9.17, 15) is 0 Å². The number of aliphatic hydroxyl groups excluding tert-OH is 1.